The number of hydrogen-bond acceptors (Lipinski definition) is 7. The van der Waals surface area contributed by atoms with Gasteiger partial charge in [-0.2, -0.15) is 0 Å². The van der Waals surface area contributed by atoms with Crippen molar-refractivity contribution in [2.24, 2.45) is 4.99 Å². The lowest BCUT2D eigenvalue weighted by Gasteiger charge is -2.37. The lowest BCUT2D eigenvalue weighted by molar-refractivity contribution is -0.171. The number of ether oxygens (including phenoxy) is 1. The van der Waals surface area contributed by atoms with E-state index in [1.165, 1.54) is 11.8 Å². The molecule has 1 saturated heterocycles. The van der Waals surface area contributed by atoms with E-state index in [-0.39, 0.29) is 11.9 Å². The second-order valence-corrected chi connectivity index (χ2v) is 6.35. The number of thioether (sulfide) groups is 1. The predicted molar refractivity (Wildman–Crippen MR) is 74.3 cm³/mol. The number of rotatable bonds is 3. The van der Waals surface area contributed by atoms with E-state index in [2.05, 4.69) is 15.6 Å². The quantitative estimate of drug-likeness (QED) is 0.522. The molecule has 7 nitrogen and oxygen atoms in total. The summed E-state index contributed by atoms with van der Waals surface area (Å²) in [5, 5.41) is 26.7. The molecule has 5 atom stereocenters. The zero-order valence-corrected chi connectivity index (χ0v) is 12.0. The molecule has 3 aliphatic rings. The molecule has 0 radical (unpaired) electrons. The number of fused-ring (bicyclic) bond motifs is 1. The molecular weight excluding hydrogens is 282 g/mol. The fourth-order valence-electron chi connectivity index (χ4n) is 2.32. The second kappa shape index (κ2) is 5.51. The Morgan fingerprint density at radius 3 is 2.85 bits per heavy atom. The van der Waals surface area contributed by atoms with E-state index >= 15 is 0 Å². The van der Waals surface area contributed by atoms with Gasteiger partial charge in [-0.1, -0.05) is 11.8 Å². The third-order valence-corrected chi connectivity index (χ3v) is 4.67. The number of aliphatic imine (C=N–C) groups is 1. The highest BCUT2D eigenvalue weighted by atomic mass is 32.2. The minimum Gasteiger partial charge on any atom is -0.388 e. The summed E-state index contributed by atoms with van der Waals surface area (Å²) in [6.45, 7) is 2.67. The molecule has 1 aliphatic carbocycles. The predicted octanol–water partition coefficient (Wildman–Crippen LogP) is -1.21. The van der Waals surface area contributed by atoms with Crippen LogP contribution in [0.5, 0.6) is 0 Å². The monoisotopic (exact) mass is 301 g/mol. The highest BCUT2D eigenvalue weighted by Gasteiger charge is 2.50. The van der Waals surface area contributed by atoms with Gasteiger partial charge in [-0.15, -0.1) is 0 Å². The molecule has 112 valence electrons. The van der Waals surface area contributed by atoms with Crippen LogP contribution in [0.4, 0.5) is 0 Å². The second-order valence-electron chi connectivity index (χ2n) is 5.26. The van der Waals surface area contributed by atoms with Crippen molar-refractivity contribution in [3.05, 3.63) is 0 Å². The van der Waals surface area contributed by atoms with Crippen molar-refractivity contribution < 1.29 is 19.7 Å². The van der Waals surface area contributed by atoms with Gasteiger partial charge in [0.25, 0.3) is 5.91 Å². The van der Waals surface area contributed by atoms with Gasteiger partial charge in [-0.25, -0.2) is 0 Å². The largest absolute Gasteiger partial charge is 0.388 e. The first-order chi connectivity index (χ1) is 9.60. The zero-order valence-electron chi connectivity index (χ0n) is 11.2. The van der Waals surface area contributed by atoms with E-state index in [0.29, 0.717) is 5.17 Å². The molecule has 0 unspecified atom stereocenters. The van der Waals surface area contributed by atoms with E-state index < -0.39 is 29.8 Å². The summed E-state index contributed by atoms with van der Waals surface area (Å²) in [7, 11) is 0. The number of nitrogens with one attached hydrogen (secondary N) is 2. The van der Waals surface area contributed by atoms with Crippen LogP contribution in [0.15, 0.2) is 4.99 Å². The molecule has 2 heterocycles. The van der Waals surface area contributed by atoms with Crippen LogP contribution in [0, 0.1) is 0 Å². The Hall–Kier alpha value is -0.830. The van der Waals surface area contributed by atoms with E-state index in [1.807, 2.05) is 6.92 Å². The topological polar surface area (TPSA) is 103 Å². The summed E-state index contributed by atoms with van der Waals surface area (Å²) in [6, 6.07) is -0.341. The maximum absolute atomic E-state index is 12.0. The number of amidine groups is 1. The molecule has 2 aliphatic heterocycles. The van der Waals surface area contributed by atoms with Crippen LogP contribution < -0.4 is 10.6 Å². The number of nitrogens with zero attached hydrogens (tertiary/aromatic N) is 1. The molecule has 2 fully saturated rings. The van der Waals surface area contributed by atoms with Crippen molar-refractivity contribution in [3.8, 4) is 0 Å². The Kier molecular flexibility index (Phi) is 3.89. The Balaban J connectivity index is 1.67. The van der Waals surface area contributed by atoms with Gasteiger partial charge in [0.05, 0.1) is 0 Å². The van der Waals surface area contributed by atoms with Gasteiger partial charge in [0.2, 0.25) is 0 Å². The third kappa shape index (κ3) is 2.65. The van der Waals surface area contributed by atoms with Gasteiger partial charge in [-0.05, 0) is 19.8 Å². The summed E-state index contributed by atoms with van der Waals surface area (Å²) >= 11 is 1.35. The lowest BCUT2D eigenvalue weighted by atomic mass is 9.98. The fourth-order valence-corrected chi connectivity index (χ4v) is 3.49. The number of carbonyl (C=O) groups excluding carboxylic acids is 1. The minimum absolute atomic E-state index is 0.193. The number of aliphatic hydroxyl groups is 2. The third-order valence-electron chi connectivity index (χ3n) is 3.57. The number of hydrogen-bond donors (Lipinski definition) is 4. The van der Waals surface area contributed by atoms with Gasteiger partial charge in [0, 0.05) is 12.6 Å². The van der Waals surface area contributed by atoms with Crippen LogP contribution in [0.25, 0.3) is 0 Å². The van der Waals surface area contributed by atoms with Gasteiger partial charge in [0.1, 0.15) is 23.7 Å². The van der Waals surface area contributed by atoms with Crippen molar-refractivity contribution in [2.45, 2.75) is 55.6 Å². The minimum atomic E-state index is -1.25. The molecule has 1 amide bonds. The van der Waals surface area contributed by atoms with Crippen LogP contribution in [-0.2, 0) is 9.53 Å². The first-order valence-corrected chi connectivity index (χ1v) is 7.78. The molecule has 0 bridgehead atoms. The molecule has 20 heavy (non-hydrogen) atoms. The zero-order chi connectivity index (χ0) is 14.3. The van der Waals surface area contributed by atoms with Crippen molar-refractivity contribution in [2.75, 3.05) is 6.54 Å². The maximum atomic E-state index is 12.0. The molecule has 8 heteroatoms. The van der Waals surface area contributed by atoms with Crippen LogP contribution >= 0.6 is 11.8 Å². The fraction of sp³-hybridized carbons (Fsp3) is 0.833. The first kappa shape index (κ1) is 14.1. The Bertz CT molecular complexity index is 429. The lowest BCUT2D eigenvalue weighted by Crippen LogP contribution is -2.59. The Morgan fingerprint density at radius 1 is 1.45 bits per heavy atom. The van der Waals surface area contributed by atoms with Crippen molar-refractivity contribution >= 4 is 22.8 Å². The Morgan fingerprint density at radius 2 is 2.20 bits per heavy atom. The standard InChI is InChI=1S/C12H19N3O4S/c1-2-13-12-15-6-7(16)8(17)9(19-11(6)20-12)10(18)14-5-3-4-5/h5-9,11,16-17H,2-4H2,1H3,(H,13,15)(H,14,18)/t6-,7+,8-,9-,11-/m0/s1. The molecular formula is C12H19N3O4S. The first-order valence-electron chi connectivity index (χ1n) is 6.90. The molecule has 0 aromatic heterocycles. The highest BCUT2D eigenvalue weighted by molar-refractivity contribution is 8.14. The number of aliphatic hydroxyl groups excluding tert-OH is 2. The highest BCUT2D eigenvalue weighted by Crippen LogP contribution is 2.36. The van der Waals surface area contributed by atoms with Crippen LogP contribution in [-0.4, -0.2) is 63.7 Å². The summed E-state index contributed by atoms with van der Waals surface area (Å²) in [4.78, 5) is 16.3. The van der Waals surface area contributed by atoms with Crippen LogP contribution in [0.2, 0.25) is 0 Å². The van der Waals surface area contributed by atoms with E-state index in [4.69, 9.17) is 4.74 Å². The molecule has 0 aromatic carbocycles. The maximum Gasteiger partial charge on any atom is 0.252 e. The summed E-state index contributed by atoms with van der Waals surface area (Å²) < 4.78 is 5.65. The molecule has 4 N–H and O–H groups in total. The Labute approximate surface area is 121 Å². The molecule has 3 rings (SSSR count). The average molecular weight is 301 g/mol. The van der Waals surface area contributed by atoms with Gasteiger partial charge < -0.3 is 25.6 Å². The van der Waals surface area contributed by atoms with Crippen LogP contribution in [0.1, 0.15) is 19.8 Å². The summed E-state index contributed by atoms with van der Waals surface area (Å²) in [5.41, 5.74) is -0.433. The van der Waals surface area contributed by atoms with Crippen molar-refractivity contribution in [3.63, 3.8) is 0 Å². The normalized spacial score (nSPS) is 40.0. The molecule has 0 aromatic rings. The SMILES string of the molecule is CCNC1=N[C@H]2[C@@H](O)[C@H](O)[C@@H](C(=O)NC3CC3)O[C@H]2S1. The smallest absolute Gasteiger partial charge is 0.252 e. The van der Waals surface area contributed by atoms with Gasteiger partial charge in [0.15, 0.2) is 11.3 Å². The summed E-state index contributed by atoms with van der Waals surface area (Å²) in [5.74, 6) is -0.352. The van der Waals surface area contributed by atoms with Crippen molar-refractivity contribution in [1.82, 2.24) is 10.6 Å². The summed E-state index contributed by atoms with van der Waals surface area (Å²) in [6.07, 6.45) is -1.44. The van der Waals surface area contributed by atoms with E-state index in [9.17, 15) is 15.0 Å². The molecule has 1 saturated carbocycles. The average Bonchev–Trinajstić information content (AvgIpc) is 3.12. The van der Waals surface area contributed by atoms with Gasteiger partial charge >= 0.3 is 0 Å². The van der Waals surface area contributed by atoms with E-state index in [1.54, 1.807) is 0 Å². The van der Waals surface area contributed by atoms with Crippen LogP contribution in [0.3, 0.4) is 0 Å². The van der Waals surface area contributed by atoms with E-state index in [0.717, 1.165) is 19.4 Å². The number of carbonyl (C=O) groups is 1. The van der Waals surface area contributed by atoms with Gasteiger partial charge in [-0.3, -0.25) is 9.79 Å². The van der Waals surface area contributed by atoms with Crippen molar-refractivity contribution in [1.29, 1.82) is 0 Å². The molecule has 0 spiro atoms. The number of amides is 1.